The van der Waals surface area contributed by atoms with E-state index >= 15 is 0 Å². The van der Waals surface area contributed by atoms with E-state index in [1.807, 2.05) is 38.1 Å². The minimum atomic E-state index is -0.0311. The molecule has 0 spiro atoms. The molecule has 0 saturated heterocycles. The highest BCUT2D eigenvalue weighted by Gasteiger charge is 2.11. The molecule has 106 valence electrons. The first kappa shape index (κ1) is 13.2. The fourth-order valence-electron chi connectivity index (χ4n) is 2.07. The fraction of sp³-hybridized carbons (Fsp3) is 0.200. The molecule has 2 N–H and O–H groups in total. The summed E-state index contributed by atoms with van der Waals surface area (Å²) < 4.78 is 5.51. The Balaban J connectivity index is 2.16. The molecule has 0 unspecified atom stereocenters. The smallest absolute Gasteiger partial charge is 0.322 e. The van der Waals surface area contributed by atoms with Crippen LogP contribution in [0.3, 0.4) is 0 Å². The molecular weight excluding hydrogens is 266 g/mol. The van der Waals surface area contributed by atoms with Gasteiger partial charge in [0.1, 0.15) is 0 Å². The van der Waals surface area contributed by atoms with Gasteiger partial charge in [-0.15, -0.1) is 0 Å². The largest absolute Gasteiger partial charge is 0.461 e. The molecule has 0 bridgehead atoms. The summed E-state index contributed by atoms with van der Waals surface area (Å²) in [5, 5.41) is 2.02. The van der Waals surface area contributed by atoms with Crippen LogP contribution in [0, 0.1) is 0 Å². The van der Waals surface area contributed by atoms with Crippen LogP contribution in [0.2, 0.25) is 0 Å². The molecule has 3 aromatic rings. The molecule has 0 radical (unpaired) electrons. The van der Waals surface area contributed by atoms with Gasteiger partial charge < -0.3 is 10.5 Å². The van der Waals surface area contributed by atoms with E-state index in [1.165, 1.54) is 0 Å². The number of nitrogen functional groups attached to an aromatic ring is 1. The zero-order valence-corrected chi connectivity index (χ0v) is 11.8. The predicted molar refractivity (Wildman–Crippen MR) is 80.7 cm³/mol. The minimum Gasteiger partial charge on any atom is -0.461 e. The predicted octanol–water partition coefficient (Wildman–Crippen LogP) is 2.46. The number of fused-ring (bicyclic) bond motifs is 1. The molecule has 3 rings (SSSR count). The minimum absolute atomic E-state index is 0.0311. The lowest BCUT2D eigenvalue weighted by molar-refractivity contribution is 0.222. The maximum atomic E-state index is 5.76. The molecule has 0 fully saturated rings. The Hall–Kier alpha value is -2.76. The van der Waals surface area contributed by atoms with Crippen LogP contribution in [0.15, 0.2) is 36.7 Å². The maximum absolute atomic E-state index is 5.76. The molecule has 21 heavy (non-hydrogen) atoms. The summed E-state index contributed by atoms with van der Waals surface area (Å²) in [6.45, 7) is 3.81. The van der Waals surface area contributed by atoms with Gasteiger partial charge in [0, 0.05) is 23.3 Å². The molecule has 0 atom stereocenters. The number of pyridine rings is 1. The van der Waals surface area contributed by atoms with Crippen molar-refractivity contribution in [3.05, 3.63) is 36.7 Å². The first-order valence-corrected chi connectivity index (χ1v) is 6.65. The van der Waals surface area contributed by atoms with Crippen LogP contribution in [0.25, 0.3) is 22.2 Å². The molecule has 2 heterocycles. The summed E-state index contributed by atoms with van der Waals surface area (Å²) in [7, 11) is 0. The standard InChI is InChI=1S/C15H15N5O/c1-9(2)21-15-19-13(18-14(16)20-15)12-5-3-4-10-8-17-7-6-11(10)12/h3-9H,1-2H3,(H2,16,18,19,20). The number of nitrogens with two attached hydrogens (primary N) is 1. The second kappa shape index (κ2) is 5.32. The lowest BCUT2D eigenvalue weighted by Gasteiger charge is -2.10. The van der Waals surface area contributed by atoms with Gasteiger partial charge in [-0.05, 0) is 25.3 Å². The zero-order chi connectivity index (χ0) is 14.8. The first-order chi connectivity index (χ1) is 10.1. The van der Waals surface area contributed by atoms with Crippen molar-refractivity contribution >= 4 is 16.7 Å². The Morgan fingerprint density at radius 3 is 2.76 bits per heavy atom. The van der Waals surface area contributed by atoms with Gasteiger partial charge in [-0.25, -0.2) is 0 Å². The average Bonchev–Trinajstić information content (AvgIpc) is 2.45. The summed E-state index contributed by atoms with van der Waals surface area (Å²) in [5.41, 5.74) is 6.63. The van der Waals surface area contributed by atoms with Crippen molar-refractivity contribution in [1.82, 2.24) is 19.9 Å². The first-order valence-electron chi connectivity index (χ1n) is 6.65. The van der Waals surface area contributed by atoms with Crippen molar-refractivity contribution in [2.24, 2.45) is 0 Å². The van der Waals surface area contributed by atoms with E-state index in [2.05, 4.69) is 19.9 Å². The summed E-state index contributed by atoms with van der Waals surface area (Å²) in [5.74, 6) is 0.636. The van der Waals surface area contributed by atoms with Crippen molar-refractivity contribution in [3.8, 4) is 17.4 Å². The summed E-state index contributed by atoms with van der Waals surface area (Å²) >= 11 is 0. The molecule has 0 aliphatic rings. The third-order valence-electron chi connectivity index (χ3n) is 2.89. The van der Waals surface area contributed by atoms with Gasteiger partial charge in [0.25, 0.3) is 0 Å². The van der Waals surface area contributed by atoms with Crippen LogP contribution in [-0.4, -0.2) is 26.0 Å². The third-order valence-corrected chi connectivity index (χ3v) is 2.89. The lowest BCUT2D eigenvalue weighted by atomic mass is 10.1. The van der Waals surface area contributed by atoms with Gasteiger partial charge in [0.2, 0.25) is 5.95 Å². The van der Waals surface area contributed by atoms with Crippen LogP contribution in [0.4, 0.5) is 5.95 Å². The van der Waals surface area contributed by atoms with Crippen molar-refractivity contribution in [2.75, 3.05) is 5.73 Å². The summed E-state index contributed by atoms with van der Waals surface area (Å²) in [6, 6.07) is 8.02. The second-order valence-corrected chi connectivity index (χ2v) is 4.87. The lowest BCUT2D eigenvalue weighted by Crippen LogP contribution is -2.11. The van der Waals surface area contributed by atoms with Crippen molar-refractivity contribution in [3.63, 3.8) is 0 Å². The molecule has 1 aromatic carbocycles. The highest BCUT2D eigenvalue weighted by molar-refractivity contribution is 5.94. The highest BCUT2D eigenvalue weighted by Crippen LogP contribution is 2.26. The third kappa shape index (κ3) is 2.74. The van der Waals surface area contributed by atoms with Gasteiger partial charge in [-0.2, -0.15) is 15.0 Å². The summed E-state index contributed by atoms with van der Waals surface area (Å²) in [4.78, 5) is 16.7. The van der Waals surface area contributed by atoms with Crippen LogP contribution in [0.1, 0.15) is 13.8 Å². The Labute approximate surface area is 122 Å². The topological polar surface area (TPSA) is 86.8 Å². The number of benzene rings is 1. The number of ether oxygens (including phenoxy) is 1. The molecule has 0 aliphatic carbocycles. The van der Waals surface area contributed by atoms with E-state index < -0.39 is 0 Å². The van der Waals surface area contributed by atoms with Crippen molar-refractivity contribution < 1.29 is 4.74 Å². The van der Waals surface area contributed by atoms with E-state index in [1.54, 1.807) is 12.4 Å². The molecule has 0 aliphatic heterocycles. The summed E-state index contributed by atoms with van der Waals surface area (Å²) in [6.07, 6.45) is 3.51. The Morgan fingerprint density at radius 1 is 1.10 bits per heavy atom. The normalized spacial score (nSPS) is 11.0. The zero-order valence-electron chi connectivity index (χ0n) is 11.8. The average molecular weight is 281 g/mol. The second-order valence-electron chi connectivity index (χ2n) is 4.87. The number of rotatable bonds is 3. The van der Waals surface area contributed by atoms with E-state index in [-0.39, 0.29) is 18.1 Å². The number of anilines is 1. The van der Waals surface area contributed by atoms with Crippen LogP contribution in [-0.2, 0) is 0 Å². The van der Waals surface area contributed by atoms with E-state index in [0.29, 0.717) is 5.82 Å². The molecule has 2 aromatic heterocycles. The monoisotopic (exact) mass is 281 g/mol. The molecule has 0 amide bonds. The van der Waals surface area contributed by atoms with Gasteiger partial charge in [0.15, 0.2) is 5.82 Å². The fourth-order valence-corrected chi connectivity index (χ4v) is 2.07. The Bertz CT molecular complexity index is 783. The maximum Gasteiger partial charge on any atom is 0.322 e. The van der Waals surface area contributed by atoms with Crippen LogP contribution < -0.4 is 10.5 Å². The highest BCUT2D eigenvalue weighted by atomic mass is 16.5. The van der Waals surface area contributed by atoms with Crippen LogP contribution >= 0.6 is 0 Å². The van der Waals surface area contributed by atoms with Gasteiger partial charge in [-0.1, -0.05) is 18.2 Å². The number of hydrogen-bond acceptors (Lipinski definition) is 6. The van der Waals surface area contributed by atoms with Crippen molar-refractivity contribution in [1.29, 1.82) is 0 Å². The molecule has 6 heteroatoms. The molecule has 0 saturated carbocycles. The molecule has 6 nitrogen and oxygen atoms in total. The van der Waals surface area contributed by atoms with Crippen LogP contribution in [0.5, 0.6) is 6.01 Å². The van der Waals surface area contributed by atoms with Gasteiger partial charge >= 0.3 is 6.01 Å². The van der Waals surface area contributed by atoms with E-state index in [9.17, 15) is 0 Å². The van der Waals surface area contributed by atoms with Gasteiger partial charge in [-0.3, -0.25) is 4.98 Å². The quantitative estimate of drug-likeness (QED) is 0.793. The Kier molecular flexibility index (Phi) is 3.35. The molecular formula is C15H15N5O. The number of nitrogens with zero attached hydrogens (tertiary/aromatic N) is 4. The van der Waals surface area contributed by atoms with E-state index in [0.717, 1.165) is 16.3 Å². The van der Waals surface area contributed by atoms with E-state index in [4.69, 9.17) is 10.5 Å². The van der Waals surface area contributed by atoms with Gasteiger partial charge in [0.05, 0.1) is 6.10 Å². The number of aromatic nitrogens is 4. The SMILES string of the molecule is CC(C)Oc1nc(N)nc(-c2cccc3cnccc23)n1. The Morgan fingerprint density at radius 2 is 1.95 bits per heavy atom. The van der Waals surface area contributed by atoms with Crippen molar-refractivity contribution in [2.45, 2.75) is 20.0 Å². The number of hydrogen-bond donors (Lipinski definition) is 1.